The number of aryl methyl sites for hydroxylation is 1. The lowest BCUT2D eigenvalue weighted by molar-refractivity contribution is -0.136. The van der Waals surface area contributed by atoms with Crippen LogP contribution in [0.3, 0.4) is 0 Å². The summed E-state index contributed by atoms with van der Waals surface area (Å²) in [5, 5.41) is 12.8. The Hall–Kier alpha value is -2.93. The van der Waals surface area contributed by atoms with Gasteiger partial charge >= 0.3 is 0 Å². The Balaban J connectivity index is 1.42. The molecular weight excluding hydrogens is 456 g/mol. The van der Waals surface area contributed by atoms with Gasteiger partial charge in [0, 0.05) is 24.5 Å². The first kappa shape index (κ1) is 25.2. The van der Waals surface area contributed by atoms with Gasteiger partial charge in [-0.1, -0.05) is 54.1 Å². The van der Waals surface area contributed by atoms with Gasteiger partial charge in [-0.05, 0) is 54.5 Å². The zero-order chi connectivity index (χ0) is 24.6. The second-order valence-electron chi connectivity index (χ2n) is 9.10. The smallest absolute Gasteiger partial charge is 0.237 e. The van der Waals surface area contributed by atoms with Crippen LogP contribution >= 0.6 is 11.3 Å². The topological polar surface area (TPSA) is 53.0 Å². The third kappa shape index (κ3) is 6.82. The van der Waals surface area contributed by atoms with Crippen molar-refractivity contribution < 1.29 is 14.6 Å². The molecule has 3 aromatic rings. The second-order valence-corrected chi connectivity index (χ2v) is 10.1. The normalized spacial score (nSPS) is 16.1. The molecule has 0 fully saturated rings. The maximum Gasteiger partial charge on any atom is 0.237 e. The molecule has 2 heterocycles. The Labute approximate surface area is 212 Å². The van der Waals surface area contributed by atoms with Gasteiger partial charge in [-0.3, -0.25) is 9.69 Å². The molecule has 0 unspecified atom stereocenters. The zero-order valence-electron chi connectivity index (χ0n) is 20.3. The van der Waals surface area contributed by atoms with E-state index in [4.69, 9.17) is 4.74 Å². The van der Waals surface area contributed by atoms with E-state index in [0.29, 0.717) is 32.7 Å². The molecule has 35 heavy (non-hydrogen) atoms. The molecule has 0 saturated carbocycles. The highest BCUT2D eigenvalue weighted by Gasteiger charge is 2.33. The lowest BCUT2D eigenvalue weighted by atomic mass is 10.00. The molecule has 1 aliphatic rings. The van der Waals surface area contributed by atoms with Crippen LogP contribution < -0.4 is 4.74 Å². The Kier molecular flexibility index (Phi) is 8.74. The molecule has 1 amide bonds. The number of nitrogens with zero attached hydrogens (tertiary/aromatic N) is 2. The minimum atomic E-state index is -0.560. The number of aliphatic hydroxyl groups excluding tert-OH is 1. The molecule has 1 aromatic heterocycles. The van der Waals surface area contributed by atoms with Gasteiger partial charge in [0.15, 0.2) is 0 Å². The van der Waals surface area contributed by atoms with Gasteiger partial charge in [0.05, 0.1) is 18.7 Å². The van der Waals surface area contributed by atoms with Crippen LogP contribution in [-0.4, -0.2) is 59.7 Å². The highest BCUT2D eigenvalue weighted by atomic mass is 32.1. The van der Waals surface area contributed by atoms with Crippen molar-refractivity contribution in [2.45, 2.75) is 31.9 Å². The number of fused-ring (bicyclic) bond motifs is 1. The predicted octanol–water partition coefficient (Wildman–Crippen LogP) is 4.65. The maximum absolute atomic E-state index is 13.5. The maximum atomic E-state index is 13.5. The quantitative estimate of drug-likeness (QED) is 0.398. The fraction of sp³-hybridized carbons (Fsp3) is 0.345. The molecule has 1 aliphatic heterocycles. The Morgan fingerprint density at radius 2 is 2.00 bits per heavy atom. The summed E-state index contributed by atoms with van der Waals surface area (Å²) >= 11 is 1.75. The van der Waals surface area contributed by atoms with Crippen molar-refractivity contribution in [3.05, 3.63) is 100 Å². The third-order valence-electron chi connectivity index (χ3n) is 6.37. The van der Waals surface area contributed by atoms with Gasteiger partial charge in [-0.2, -0.15) is 0 Å². The van der Waals surface area contributed by atoms with Crippen LogP contribution in [0, 0.1) is 6.92 Å². The zero-order valence-corrected chi connectivity index (χ0v) is 21.1. The molecule has 0 bridgehead atoms. The summed E-state index contributed by atoms with van der Waals surface area (Å²) in [5.41, 5.74) is 3.45. The number of benzene rings is 2. The number of carbonyl (C=O) groups excluding carboxylic acids is 1. The van der Waals surface area contributed by atoms with Gasteiger partial charge in [-0.25, -0.2) is 0 Å². The fourth-order valence-electron chi connectivity index (χ4n) is 4.60. The van der Waals surface area contributed by atoms with Crippen LogP contribution in [0.25, 0.3) is 0 Å². The van der Waals surface area contributed by atoms with E-state index in [1.807, 2.05) is 64.4 Å². The van der Waals surface area contributed by atoms with Crippen LogP contribution in [0.5, 0.6) is 5.75 Å². The van der Waals surface area contributed by atoms with Gasteiger partial charge in [0.1, 0.15) is 12.4 Å². The van der Waals surface area contributed by atoms with Crippen LogP contribution in [0.2, 0.25) is 0 Å². The molecule has 0 radical (unpaired) electrons. The largest absolute Gasteiger partial charge is 0.491 e. The first-order valence-corrected chi connectivity index (χ1v) is 13.0. The van der Waals surface area contributed by atoms with Crippen LogP contribution in [0.4, 0.5) is 0 Å². The number of ether oxygens (including phenoxy) is 1. The summed E-state index contributed by atoms with van der Waals surface area (Å²) in [5.74, 6) is 0.857. The molecule has 184 valence electrons. The van der Waals surface area contributed by atoms with Crippen molar-refractivity contribution in [1.29, 1.82) is 0 Å². The number of carbonyl (C=O) groups is 1. The molecule has 5 nitrogen and oxygen atoms in total. The summed E-state index contributed by atoms with van der Waals surface area (Å²) in [6.07, 6.45) is 2.64. The average Bonchev–Trinajstić information content (AvgIpc) is 3.33. The number of hydrogen-bond acceptors (Lipinski definition) is 5. The van der Waals surface area contributed by atoms with E-state index < -0.39 is 6.10 Å². The number of hydrogen-bond donors (Lipinski definition) is 1. The van der Waals surface area contributed by atoms with E-state index in [0.717, 1.165) is 17.7 Å². The van der Waals surface area contributed by atoms with Crippen molar-refractivity contribution in [3.63, 3.8) is 0 Å². The molecular formula is C29H34N2O3S. The van der Waals surface area contributed by atoms with Crippen molar-refractivity contribution in [1.82, 2.24) is 9.80 Å². The first-order valence-electron chi connectivity index (χ1n) is 12.1. The predicted molar refractivity (Wildman–Crippen MR) is 142 cm³/mol. The van der Waals surface area contributed by atoms with Gasteiger partial charge < -0.3 is 14.7 Å². The molecule has 1 N–H and O–H groups in total. The van der Waals surface area contributed by atoms with Crippen molar-refractivity contribution in [2.24, 2.45) is 0 Å². The fourth-order valence-corrected chi connectivity index (χ4v) is 5.53. The highest BCUT2D eigenvalue weighted by Crippen LogP contribution is 2.34. The Morgan fingerprint density at radius 3 is 2.74 bits per heavy atom. The van der Waals surface area contributed by atoms with Crippen molar-refractivity contribution in [2.75, 3.05) is 32.8 Å². The minimum Gasteiger partial charge on any atom is -0.491 e. The number of aliphatic hydroxyl groups is 1. The van der Waals surface area contributed by atoms with Crippen LogP contribution in [-0.2, 0) is 17.6 Å². The average molecular weight is 491 g/mol. The molecule has 6 heteroatoms. The lowest BCUT2D eigenvalue weighted by Gasteiger charge is -2.37. The number of thiophene rings is 1. The van der Waals surface area contributed by atoms with Crippen LogP contribution in [0.1, 0.15) is 27.6 Å². The Morgan fingerprint density at radius 1 is 1.23 bits per heavy atom. The standard InChI is InChI=1S/C29H34N2O3S/c1-3-15-30(19-24(32)18-23-7-5-4-6-8-23)20-29(33)31-16-13-28-26(14-17-35-28)27(31)21-34-25-11-9-22(2)10-12-25/h3-12,14,17,24,27,32H,1,13,15-16,18-21H2,2H3/t24-,27+/m0/s1. The lowest BCUT2D eigenvalue weighted by Crippen LogP contribution is -2.48. The van der Waals surface area contributed by atoms with E-state index in [9.17, 15) is 9.90 Å². The van der Waals surface area contributed by atoms with E-state index >= 15 is 0 Å². The molecule has 4 rings (SSSR count). The third-order valence-corrected chi connectivity index (χ3v) is 7.37. The monoisotopic (exact) mass is 490 g/mol. The summed E-state index contributed by atoms with van der Waals surface area (Å²) in [4.78, 5) is 18.8. The van der Waals surface area contributed by atoms with Crippen molar-refractivity contribution in [3.8, 4) is 5.75 Å². The summed E-state index contributed by atoms with van der Waals surface area (Å²) in [7, 11) is 0. The highest BCUT2D eigenvalue weighted by molar-refractivity contribution is 7.10. The van der Waals surface area contributed by atoms with Crippen LogP contribution in [0.15, 0.2) is 78.7 Å². The van der Waals surface area contributed by atoms with E-state index in [1.54, 1.807) is 17.4 Å². The van der Waals surface area contributed by atoms with Gasteiger partial charge in [0.25, 0.3) is 0 Å². The van der Waals surface area contributed by atoms with Crippen molar-refractivity contribution >= 4 is 17.2 Å². The molecule has 2 aromatic carbocycles. The number of amides is 1. The molecule has 0 aliphatic carbocycles. The van der Waals surface area contributed by atoms with E-state index in [2.05, 4.69) is 24.9 Å². The minimum absolute atomic E-state index is 0.0492. The molecule has 0 saturated heterocycles. The van der Waals surface area contributed by atoms with Gasteiger partial charge in [-0.15, -0.1) is 17.9 Å². The molecule has 2 atom stereocenters. The van der Waals surface area contributed by atoms with E-state index in [1.165, 1.54) is 16.0 Å². The number of rotatable bonds is 11. The van der Waals surface area contributed by atoms with E-state index in [-0.39, 0.29) is 18.5 Å². The Bertz CT molecular complexity index is 1100. The molecule has 0 spiro atoms. The second kappa shape index (κ2) is 12.2. The van der Waals surface area contributed by atoms with Gasteiger partial charge in [0.2, 0.25) is 5.91 Å². The SMILES string of the molecule is C=CCN(CC(=O)N1CCc2sccc2[C@H]1COc1ccc(C)cc1)C[C@@H](O)Cc1ccccc1. The summed E-state index contributed by atoms with van der Waals surface area (Å²) in [6.45, 7) is 8.17. The first-order chi connectivity index (χ1) is 17.0. The summed E-state index contributed by atoms with van der Waals surface area (Å²) < 4.78 is 6.13. The summed E-state index contributed by atoms with van der Waals surface area (Å²) in [6, 6.07) is 19.9.